The summed E-state index contributed by atoms with van der Waals surface area (Å²) in [6.45, 7) is 2.89. The molecule has 114 valence electrons. The van der Waals surface area contributed by atoms with Crippen molar-refractivity contribution >= 4 is 9.84 Å². The molecule has 0 fully saturated rings. The number of nitrogens with one attached hydrogen (secondary N) is 1. The number of likely N-dealkylation sites (N-methyl/N-ethyl adjacent to an activating group) is 1. The summed E-state index contributed by atoms with van der Waals surface area (Å²) in [5, 5.41) is 3.42. The Bertz CT molecular complexity index is 690. The lowest BCUT2D eigenvalue weighted by Gasteiger charge is -2.18. The monoisotopic (exact) mass is 307 g/mol. The maximum absolute atomic E-state index is 11.5. The van der Waals surface area contributed by atoms with Crippen molar-refractivity contribution in [2.45, 2.75) is 24.3 Å². The molecule has 0 aliphatic heterocycles. The number of imidazole rings is 1. The molecule has 5 nitrogen and oxygen atoms in total. The van der Waals surface area contributed by atoms with Crippen LogP contribution < -0.4 is 5.32 Å². The smallest absolute Gasteiger partial charge is 0.175 e. The zero-order valence-corrected chi connectivity index (χ0v) is 13.4. The van der Waals surface area contributed by atoms with E-state index in [0.29, 0.717) is 4.90 Å². The third kappa shape index (κ3) is 3.92. The third-order valence-corrected chi connectivity index (χ3v) is 4.60. The van der Waals surface area contributed by atoms with Gasteiger partial charge in [-0.15, -0.1) is 0 Å². The van der Waals surface area contributed by atoms with E-state index in [1.165, 1.54) is 6.26 Å². The van der Waals surface area contributed by atoms with Crippen LogP contribution in [0.2, 0.25) is 0 Å². The Morgan fingerprint density at radius 3 is 2.43 bits per heavy atom. The molecule has 0 radical (unpaired) electrons. The average molecular weight is 307 g/mol. The van der Waals surface area contributed by atoms with Gasteiger partial charge in [-0.3, -0.25) is 0 Å². The Hall–Kier alpha value is -1.66. The molecule has 1 aromatic heterocycles. The van der Waals surface area contributed by atoms with E-state index < -0.39 is 9.84 Å². The topological polar surface area (TPSA) is 64.0 Å². The second-order valence-corrected chi connectivity index (χ2v) is 7.13. The van der Waals surface area contributed by atoms with E-state index in [1.54, 1.807) is 18.3 Å². The zero-order valence-electron chi connectivity index (χ0n) is 12.6. The van der Waals surface area contributed by atoms with Gasteiger partial charge in [0.1, 0.15) is 5.82 Å². The Kier molecular flexibility index (Phi) is 4.80. The highest BCUT2D eigenvalue weighted by atomic mass is 32.2. The number of rotatable bonds is 6. The van der Waals surface area contributed by atoms with Crippen LogP contribution >= 0.6 is 0 Å². The normalized spacial score (nSPS) is 13.3. The van der Waals surface area contributed by atoms with Crippen LogP contribution in [0, 0.1) is 0 Å². The molecule has 0 amide bonds. The van der Waals surface area contributed by atoms with Crippen molar-refractivity contribution in [3.8, 4) is 0 Å². The molecule has 0 saturated carbocycles. The Labute approximate surface area is 125 Å². The van der Waals surface area contributed by atoms with E-state index >= 15 is 0 Å². The highest BCUT2D eigenvalue weighted by Gasteiger charge is 2.15. The van der Waals surface area contributed by atoms with Crippen LogP contribution in [0.25, 0.3) is 0 Å². The third-order valence-electron chi connectivity index (χ3n) is 3.47. The van der Waals surface area contributed by atoms with Crippen molar-refractivity contribution in [3.05, 3.63) is 48.0 Å². The quantitative estimate of drug-likeness (QED) is 0.882. The maximum Gasteiger partial charge on any atom is 0.175 e. The zero-order chi connectivity index (χ0) is 15.5. The second-order valence-electron chi connectivity index (χ2n) is 5.11. The molecule has 21 heavy (non-hydrogen) atoms. The van der Waals surface area contributed by atoms with Gasteiger partial charge in [-0.1, -0.05) is 19.1 Å². The van der Waals surface area contributed by atoms with Crippen molar-refractivity contribution in [2.24, 2.45) is 7.05 Å². The molecule has 1 N–H and O–H groups in total. The molecule has 0 saturated heterocycles. The lowest BCUT2D eigenvalue weighted by molar-refractivity contribution is 0.528. The number of hydrogen-bond acceptors (Lipinski definition) is 4. The average Bonchev–Trinajstić information content (AvgIpc) is 2.83. The fourth-order valence-corrected chi connectivity index (χ4v) is 2.91. The van der Waals surface area contributed by atoms with E-state index in [-0.39, 0.29) is 6.04 Å². The van der Waals surface area contributed by atoms with Crippen LogP contribution in [0.15, 0.2) is 41.6 Å². The summed E-state index contributed by atoms with van der Waals surface area (Å²) in [5.41, 5.74) is 1.06. The van der Waals surface area contributed by atoms with Crippen molar-refractivity contribution in [1.82, 2.24) is 14.9 Å². The molecule has 0 aliphatic rings. The molecule has 1 heterocycles. The summed E-state index contributed by atoms with van der Waals surface area (Å²) in [4.78, 5) is 4.69. The molecule has 6 heteroatoms. The highest BCUT2D eigenvalue weighted by molar-refractivity contribution is 7.90. The Balaban J connectivity index is 2.24. The van der Waals surface area contributed by atoms with Gasteiger partial charge < -0.3 is 9.88 Å². The van der Waals surface area contributed by atoms with Gasteiger partial charge in [0.25, 0.3) is 0 Å². The van der Waals surface area contributed by atoms with Crippen LogP contribution in [-0.2, 0) is 23.3 Å². The standard InChI is InChI=1S/C15H21N3O2S/c1-4-16-14(11-15-17-9-10-18(15)2)12-5-7-13(8-6-12)21(3,19)20/h5-10,14,16H,4,11H2,1-3H3. The lowest BCUT2D eigenvalue weighted by Crippen LogP contribution is -2.24. The predicted molar refractivity (Wildman–Crippen MR) is 82.9 cm³/mol. The van der Waals surface area contributed by atoms with Gasteiger partial charge in [0, 0.05) is 38.2 Å². The Morgan fingerprint density at radius 2 is 1.95 bits per heavy atom. The minimum atomic E-state index is -3.15. The first-order valence-electron chi connectivity index (χ1n) is 6.91. The molecule has 2 rings (SSSR count). The molecule has 1 unspecified atom stereocenters. The van der Waals surface area contributed by atoms with Crippen molar-refractivity contribution in [2.75, 3.05) is 12.8 Å². The lowest BCUT2D eigenvalue weighted by atomic mass is 10.0. The first-order valence-corrected chi connectivity index (χ1v) is 8.80. The fourth-order valence-electron chi connectivity index (χ4n) is 2.28. The molecule has 0 aliphatic carbocycles. The number of sulfone groups is 1. The molecule has 1 aromatic carbocycles. The number of aryl methyl sites for hydroxylation is 1. The van der Waals surface area contributed by atoms with E-state index in [1.807, 2.05) is 29.9 Å². The fraction of sp³-hybridized carbons (Fsp3) is 0.400. The Morgan fingerprint density at radius 1 is 1.29 bits per heavy atom. The van der Waals surface area contributed by atoms with Gasteiger partial charge in [0.05, 0.1) is 4.90 Å². The largest absolute Gasteiger partial charge is 0.338 e. The van der Waals surface area contributed by atoms with Crippen LogP contribution in [0.1, 0.15) is 24.4 Å². The number of aromatic nitrogens is 2. The SMILES string of the molecule is CCNC(Cc1nccn1C)c1ccc(S(C)(=O)=O)cc1. The van der Waals surface area contributed by atoms with Gasteiger partial charge in [-0.2, -0.15) is 0 Å². The summed E-state index contributed by atoms with van der Waals surface area (Å²) in [5.74, 6) is 0.994. The summed E-state index contributed by atoms with van der Waals surface area (Å²) in [6, 6.07) is 7.17. The number of benzene rings is 1. The summed E-state index contributed by atoms with van der Waals surface area (Å²) >= 11 is 0. The van der Waals surface area contributed by atoms with Gasteiger partial charge in [-0.05, 0) is 24.2 Å². The highest BCUT2D eigenvalue weighted by Crippen LogP contribution is 2.20. The number of hydrogen-bond donors (Lipinski definition) is 1. The molecule has 1 atom stereocenters. The minimum Gasteiger partial charge on any atom is -0.338 e. The van der Waals surface area contributed by atoms with Crippen molar-refractivity contribution in [3.63, 3.8) is 0 Å². The van der Waals surface area contributed by atoms with Gasteiger partial charge in [0.2, 0.25) is 0 Å². The van der Waals surface area contributed by atoms with Gasteiger partial charge in [-0.25, -0.2) is 13.4 Å². The molecular weight excluding hydrogens is 286 g/mol. The molecular formula is C15H21N3O2S. The summed E-state index contributed by atoms with van der Waals surface area (Å²) < 4.78 is 25.0. The van der Waals surface area contributed by atoms with Crippen LogP contribution in [-0.4, -0.2) is 30.8 Å². The minimum absolute atomic E-state index is 0.115. The van der Waals surface area contributed by atoms with Crippen LogP contribution in [0.5, 0.6) is 0 Å². The predicted octanol–water partition coefficient (Wildman–Crippen LogP) is 1.72. The molecule has 2 aromatic rings. The van der Waals surface area contributed by atoms with E-state index in [0.717, 1.165) is 24.4 Å². The molecule has 0 spiro atoms. The van der Waals surface area contributed by atoms with Gasteiger partial charge in [0.15, 0.2) is 9.84 Å². The first kappa shape index (κ1) is 15.7. The summed E-state index contributed by atoms with van der Waals surface area (Å²) in [6.07, 6.45) is 5.68. The first-order chi connectivity index (χ1) is 9.91. The van der Waals surface area contributed by atoms with Crippen molar-refractivity contribution in [1.29, 1.82) is 0 Å². The summed E-state index contributed by atoms with van der Waals surface area (Å²) in [7, 11) is -1.18. The van der Waals surface area contributed by atoms with Gasteiger partial charge >= 0.3 is 0 Å². The second kappa shape index (κ2) is 6.41. The van der Waals surface area contributed by atoms with Crippen LogP contribution in [0.3, 0.4) is 0 Å². The van der Waals surface area contributed by atoms with Crippen LogP contribution in [0.4, 0.5) is 0 Å². The van der Waals surface area contributed by atoms with E-state index in [4.69, 9.17) is 0 Å². The number of nitrogens with zero attached hydrogens (tertiary/aromatic N) is 2. The maximum atomic E-state index is 11.5. The van der Waals surface area contributed by atoms with Crippen molar-refractivity contribution < 1.29 is 8.42 Å². The molecule has 0 bridgehead atoms. The van der Waals surface area contributed by atoms with E-state index in [2.05, 4.69) is 17.2 Å². The van der Waals surface area contributed by atoms with E-state index in [9.17, 15) is 8.42 Å².